The maximum Gasteiger partial charge on any atom is 0.329 e. The minimum absolute atomic E-state index is 0.101. The van der Waals surface area contributed by atoms with Crippen LogP contribution in [-0.2, 0) is 10.0 Å². The number of hydrogen-bond acceptors (Lipinski definition) is 7. The number of anilines is 2. The monoisotopic (exact) mass is 255 g/mol. The lowest BCUT2D eigenvalue weighted by Crippen LogP contribution is -2.15. The standard InChI is InChI=1S/C8H9N5O3S/c1-5-11-12-8(16-5)13-17(14,15)6-3-2-4-10-7(6)9/h2-4H,1H3,(H2,9,10)(H,12,13). The van der Waals surface area contributed by atoms with Crippen molar-refractivity contribution in [1.29, 1.82) is 0 Å². The second-order valence-corrected chi connectivity index (χ2v) is 4.77. The van der Waals surface area contributed by atoms with Crippen LogP contribution in [0.25, 0.3) is 0 Å². The summed E-state index contributed by atoms with van der Waals surface area (Å²) in [5.74, 6) is 0.151. The number of hydrogen-bond donors (Lipinski definition) is 2. The fourth-order valence-electron chi connectivity index (χ4n) is 1.14. The Morgan fingerprint density at radius 2 is 2.18 bits per heavy atom. The summed E-state index contributed by atoms with van der Waals surface area (Å²) >= 11 is 0. The average molecular weight is 255 g/mol. The SMILES string of the molecule is Cc1nnc(NS(=O)(=O)c2cccnc2N)o1. The first-order valence-electron chi connectivity index (χ1n) is 4.52. The number of pyridine rings is 1. The molecule has 17 heavy (non-hydrogen) atoms. The van der Waals surface area contributed by atoms with Crippen LogP contribution in [0.3, 0.4) is 0 Å². The third-order valence-corrected chi connectivity index (χ3v) is 3.20. The number of sulfonamides is 1. The van der Waals surface area contributed by atoms with Crippen molar-refractivity contribution in [3.8, 4) is 0 Å². The molecular weight excluding hydrogens is 246 g/mol. The van der Waals surface area contributed by atoms with Crippen LogP contribution in [0.5, 0.6) is 0 Å². The van der Waals surface area contributed by atoms with E-state index in [1.807, 2.05) is 0 Å². The first kappa shape index (κ1) is 11.3. The van der Waals surface area contributed by atoms with Gasteiger partial charge in [0.2, 0.25) is 5.89 Å². The van der Waals surface area contributed by atoms with E-state index in [1.54, 1.807) is 6.92 Å². The molecule has 0 saturated carbocycles. The third kappa shape index (κ3) is 2.33. The predicted octanol–water partition coefficient (Wildman–Crippen LogP) is 0.156. The Morgan fingerprint density at radius 1 is 1.41 bits per heavy atom. The normalized spacial score (nSPS) is 11.4. The van der Waals surface area contributed by atoms with Crippen LogP contribution in [0.2, 0.25) is 0 Å². The first-order valence-corrected chi connectivity index (χ1v) is 6.01. The van der Waals surface area contributed by atoms with Gasteiger partial charge in [-0.1, -0.05) is 5.10 Å². The second-order valence-electron chi connectivity index (χ2n) is 3.12. The van der Waals surface area contributed by atoms with Crippen molar-refractivity contribution >= 4 is 21.9 Å². The van der Waals surface area contributed by atoms with E-state index in [0.29, 0.717) is 0 Å². The molecule has 2 heterocycles. The van der Waals surface area contributed by atoms with Gasteiger partial charge in [0.25, 0.3) is 10.0 Å². The molecule has 0 fully saturated rings. The van der Waals surface area contributed by atoms with Gasteiger partial charge < -0.3 is 10.2 Å². The van der Waals surface area contributed by atoms with Gasteiger partial charge in [-0.15, -0.1) is 5.10 Å². The highest BCUT2D eigenvalue weighted by Crippen LogP contribution is 2.18. The van der Waals surface area contributed by atoms with Crippen molar-refractivity contribution in [1.82, 2.24) is 15.2 Å². The van der Waals surface area contributed by atoms with Gasteiger partial charge in [0.15, 0.2) is 0 Å². The number of nitrogens with one attached hydrogen (secondary N) is 1. The van der Waals surface area contributed by atoms with Crippen LogP contribution in [0, 0.1) is 6.92 Å². The highest BCUT2D eigenvalue weighted by Gasteiger charge is 2.20. The van der Waals surface area contributed by atoms with Gasteiger partial charge in [-0.3, -0.25) is 0 Å². The number of aromatic nitrogens is 3. The quantitative estimate of drug-likeness (QED) is 0.800. The molecule has 9 heteroatoms. The molecule has 0 radical (unpaired) electrons. The molecule has 0 aromatic carbocycles. The average Bonchev–Trinajstić information content (AvgIpc) is 2.63. The summed E-state index contributed by atoms with van der Waals surface area (Å²) in [6.07, 6.45) is 1.39. The van der Waals surface area contributed by atoms with Crippen LogP contribution in [0.15, 0.2) is 27.6 Å². The van der Waals surface area contributed by atoms with E-state index in [1.165, 1.54) is 18.3 Å². The zero-order valence-corrected chi connectivity index (χ0v) is 9.60. The Morgan fingerprint density at radius 3 is 2.76 bits per heavy atom. The lowest BCUT2D eigenvalue weighted by molar-refractivity contribution is 0.534. The summed E-state index contributed by atoms with van der Waals surface area (Å²) in [5.41, 5.74) is 5.47. The van der Waals surface area contributed by atoms with Crippen LogP contribution < -0.4 is 10.5 Å². The van der Waals surface area contributed by atoms with Gasteiger partial charge in [0, 0.05) is 13.1 Å². The zero-order chi connectivity index (χ0) is 12.5. The molecule has 0 unspecified atom stereocenters. The maximum atomic E-state index is 11.9. The second kappa shape index (κ2) is 4.01. The van der Waals surface area contributed by atoms with Crippen molar-refractivity contribution < 1.29 is 12.8 Å². The first-order chi connectivity index (χ1) is 7.99. The zero-order valence-electron chi connectivity index (χ0n) is 8.78. The fraction of sp³-hybridized carbons (Fsp3) is 0.125. The molecule has 90 valence electrons. The molecule has 0 amide bonds. The number of nitrogen functional groups attached to an aromatic ring is 1. The molecule has 0 atom stereocenters. The molecule has 0 aliphatic heterocycles. The highest BCUT2D eigenvalue weighted by molar-refractivity contribution is 7.92. The smallest absolute Gasteiger partial charge is 0.329 e. The summed E-state index contributed by atoms with van der Waals surface area (Å²) in [7, 11) is -3.86. The molecule has 0 aliphatic rings. The van der Waals surface area contributed by atoms with Crippen molar-refractivity contribution in [3.05, 3.63) is 24.2 Å². The third-order valence-electron chi connectivity index (χ3n) is 1.84. The Labute approximate surface area is 96.9 Å². The molecule has 2 aromatic heterocycles. The molecule has 8 nitrogen and oxygen atoms in total. The minimum Gasteiger partial charge on any atom is -0.408 e. The topological polar surface area (TPSA) is 124 Å². The fourth-order valence-corrected chi connectivity index (χ4v) is 2.15. The lowest BCUT2D eigenvalue weighted by Gasteiger charge is -2.05. The van der Waals surface area contributed by atoms with Gasteiger partial charge in [-0.25, -0.2) is 18.1 Å². The van der Waals surface area contributed by atoms with E-state index in [0.717, 1.165) is 0 Å². The summed E-state index contributed by atoms with van der Waals surface area (Å²) in [4.78, 5) is 3.54. The number of nitrogens with zero attached hydrogens (tertiary/aromatic N) is 3. The van der Waals surface area contributed by atoms with Crippen molar-refractivity contribution in [3.63, 3.8) is 0 Å². The van der Waals surface area contributed by atoms with E-state index < -0.39 is 10.0 Å². The summed E-state index contributed by atoms with van der Waals surface area (Å²) < 4.78 is 30.8. The van der Waals surface area contributed by atoms with Crippen molar-refractivity contribution in [2.75, 3.05) is 10.5 Å². The van der Waals surface area contributed by atoms with E-state index in [2.05, 4.69) is 19.9 Å². The summed E-state index contributed by atoms with van der Waals surface area (Å²) in [6, 6.07) is 2.57. The van der Waals surface area contributed by atoms with Crippen molar-refractivity contribution in [2.24, 2.45) is 0 Å². The molecule has 0 bridgehead atoms. The number of aryl methyl sites for hydroxylation is 1. The Bertz CT molecular complexity index is 636. The van der Waals surface area contributed by atoms with E-state index in [9.17, 15) is 8.42 Å². The van der Waals surface area contributed by atoms with Crippen LogP contribution in [0.4, 0.5) is 11.8 Å². The van der Waals surface area contributed by atoms with Crippen LogP contribution >= 0.6 is 0 Å². The van der Waals surface area contributed by atoms with Gasteiger partial charge in [0.1, 0.15) is 10.7 Å². The number of rotatable bonds is 3. The molecule has 2 aromatic rings. The van der Waals surface area contributed by atoms with E-state index >= 15 is 0 Å². The Hall–Kier alpha value is -2.16. The van der Waals surface area contributed by atoms with Gasteiger partial charge in [-0.2, -0.15) is 0 Å². The van der Waals surface area contributed by atoms with Gasteiger partial charge in [0.05, 0.1) is 0 Å². The summed E-state index contributed by atoms with van der Waals surface area (Å²) in [6.45, 7) is 1.54. The number of nitrogens with two attached hydrogens (primary N) is 1. The van der Waals surface area contributed by atoms with E-state index in [-0.39, 0.29) is 22.6 Å². The Balaban J connectivity index is 2.35. The molecule has 0 spiro atoms. The molecular formula is C8H9N5O3S. The molecule has 0 saturated heterocycles. The lowest BCUT2D eigenvalue weighted by atomic mass is 10.5. The Kier molecular flexibility index (Phi) is 2.68. The van der Waals surface area contributed by atoms with Gasteiger partial charge >= 0.3 is 6.01 Å². The van der Waals surface area contributed by atoms with E-state index in [4.69, 9.17) is 10.2 Å². The highest BCUT2D eigenvalue weighted by atomic mass is 32.2. The molecule has 0 aliphatic carbocycles. The predicted molar refractivity (Wildman–Crippen MR) is 58.5 cm³/mol. The summed E-state index contributed by atoms with van der Waals surface area (Å²) in [5, 5.41) is 7.01. The molecule has 3 N–H and O–H groups in total. The molecule has 2 rings (SSSR count). The van der Waals surface area contributed by atoms with Crippen LogP contribution in [0.1, 0.15) is 5.89 Å². The van der Waals surface area contributed by atoms with Crippen LogP contribution in [-0.4, -0.2) is 23.6 Å². The maximum absolute atomic E-state index is 11.9. The largest absolute Gasteiger partial charge is 0.408 e. The minimum atomic E-state index is -3.86. The van der Waals surface area contributed by atoms with Crippen molar-refractivity contribution in [2.45, 2.75) is 11.8 Å². The van der Waals surface area contributed by atoms with Gasteiger partial charge in [-0.05, 0) is 12.1 Å².